The molecule has 0 aliphatic heterocycles. The fourth-order valence-corrected chi connectivity index (χ4v) is 4.15. The standard InChI is InChI=1S/C26H25N3O5/c1-16(12-24(30)31)29-25(32)17-10-11-27-18(13-17)14-28-26(33)34-15-23-21-8-4-2-6-19(21)20-7-3-5-9-22(20)23/h2-11,13,16,23H,12,14-15H2,1H3,(H,28,33)(H,29,32)(H,30,31)/t16-/m1/s1. The van der Waals surface area contributed by atoms with Crippen molar-refractivity contribution in [1.29, 1.82) is 0 Å². The van der Waals surface area contributed by atoms with E-state index < -0.39 is 24.0 Å². The van der Waals surface area contributed by atoms with Crippen molar-refractivity contribution in [3.8, 4) is 11.1 Å². The first kappa shape index (κ1) is 23.0. The highest BCUT2D eigenvalue weighted by Crippen LogP contribution is 2.44. The molecule has 1 aliphatic carbocycles. The molecule has 0 saturated heterocycles. The summed E-state index contributed by atoms with van der Waals surface area (Å²) in [7, 11) is 0. The third-order valence-electron chi connectivity index (χ3n) is 5.69. The zero-order valence-electron chi connectivity index (χ0n) is 18.7. The van der Waals surface area contributed by atoms with Gasteiger partial charge in [0.1, 0.15) is 6.61 Å². The lowest BCUT2D eigenvalue weighted by atomic mass is 9.98. The first-order valence-electron chi connectivity index (χ1n) is 11.0. The van der Waals surface area contributed by atoms with E-state index in [0.29, 0.717) is 11.3 Å². The van der Waals surface area contributed by atoms with Crippen LogP contribution in [0.25, 0.3) is 11.1 Å². The average Bonchev–Trinajstić information content (AvgIpc) is 3.15. The van der Waals surface area contributed by atoms with Gasteiger partial charge in [0.2, 0.25) is 0 Å². The monoisotopic (exact) mass is 459 g/mol. The molecule has 8 nitrogen and oxygen atoms in total. The van der Waals surface area contributed by atoms with Crippen LogP contribution >= 0.6 is 0 Å². The van der Waals surface area contributed by atoms with Crippen molar-refractivity contribution in [1.82, 2.24) is 15.6 Å². The number of carboxylic acids is 1. The Bertz CT molecular complexity index is 1180. The molecule has 8 heteroatoms. The van der Waals surface area contributed by atoms with E-state index in [9.17, 15) is 14.4 Å². The maximum absolute atomic E-state index is 12.4. The van der Waals surface area contributed by atoms with Gasteiger partial charge < -0.3 is 20.5 Å². The SMILES string of the molecule is C[C@H](CC(=O)O)NC(=O)c1ccnc(CNC(=O)OCC2c3ccccc3-c3ccccc32)c1. The largest absolute Gasteiger partial charge is 0.481 e. The molecule has 34 heavy (non-hydrogen) atoms. The number of nitrogens with zero attached hydrogens (tertiary/aromatic N) is 1. The summed E-state index contributed by atoms with van der Waals surface area (Å²) < 4.78 is 5.52. The molecular weight excluding hydrogens is 434 g/mol. The number of hydrogen-bond donors (Lipinski definition) is 3. The van der Waals surface area contributed by atoms with E-state index in [-0.39, 0.29) is 25.5 Å². The molecule has 1 heterocycles. The summed E-state index contributed by atoms with van der Waals surface area (Å²) in [6.45, 7) is 1.91. The summed E-state index contributed by atoms with van der Waals surface area (Å²) in [5.41, 5.74) is 5.39. The van der Waals surface area contributed by atoms with Crippen LogP contribution in [0.5, 0.6) is 0 Å². The van der Waals surface area contributed by atoms with Gasteiger partial charge in [0.15, 0.2) is 0 Å². The first-order valence-corrected chi connectivity index (χ1v) is 11.0. The minimum Gasteiger partial charge on any atom is -0.481 e. The van der Waals surface area contributed by atoms with Gasteiger partial charge in [-0.15, -0.1) is 0 Å². The van der Waals surface area contributed by atoms with Gasteiger partial charge in [-0.3, -0.25) is 14.6 Å². The van der Waals surface area contributed by atoms with Gasteiger partial charge in [0.25, 0.3) is 5.91 Å². The van der Waals surface area contributed by atoms with E-state index in [2.05, 4.69) is 39.9 Å². The average molecular weight is 460 g/mol. The summed E-state index contributed by atoms with van der Waals surface area (Å²) in [6, 6.07) is 18.8. The molecule has 0 fully saturated rings. The molecule has 1 atom stereocenters. The van der Waals surface area contributed by atoms with Crippen LogP contribution in [0.3, 0.4) is 0 Å². The summed E-state index contributed by atoms with van der Waals surface area (Å²) >= 11 is 0. The van der Waals surface area contributed by atoms with Gasteiger partial charge in [0.05, 0.1) is 18.7 Å². The highest BCUT2D eigenvalue weighted by Gasteiger charge is 2.29. The molecule has 2 aromatic carbocycles. The number of carboxylic acid groups (broad SMARTS) is 1. The van der Waals surface area contributed by atoms with Crippen molar-refractivity contribution in [2.45, 2.75) is 31.8 Å². The van der Waals surface area contributed by atoms with Gasteiger partial charge in [-0.25, -0.2) is 4.79 Å². The maximum Gasteiger partial charge on any atom is 0.407 e. The lowest BCUT2D eigenvalue weighted by molar-refractivity contribution is -0.137. The number of carbonyl (C=O) groups is 3. The van der Waals surface area contributed by atoms with Crippen LogP contribution in [0.1, 0.15) is 46.4 Å². The van der Waals surface area contributed by atoms with Gasteiger partial charge in [0, 0.05) is 23.7 Å². The molecule has 0 spiro atoms. The molecule has 2 amide bonds. The van der Waals surface area contributed by atoms with Crippen molar-refractivity contribution in [2.75, 3.05) is 6.61 Å². The number of rotatable bonds is 8. The number of aromatic nitrogens is 1. The Morgan fingerprint density at radius 2 is 1.68 bits per heavy atom. The molecule has 4 rings (SSSR count). The Labute approximate surface area is 197 Å². The fraction of sp³-hybridized carbons (Fsp3) is 0.231. The van der Waals surface area contributed by atoms with Crippen molar-refractivity contribution in [2.24, 2.45) is 0 Å². The predicted molar refractivity (Wildman–Crippen MR) is 125 cm³/mol. The van der Waals surface area contributed by atoms with E-state index in [0.717, 1.165) is 22.3 Å². The third-order valence-corrected chi connectivity index (χ3v) is 5.69. The van der Waals surface area contributed by atoms with E-state index in [1.807, 2.05) is 24.3 Å². The Morgan fingerprint density at radius 1 is 1.03 bits per heavy atom. The van der Waals surface area contributed by atoms with E-state index in [4.69, 9.17) is 9.84 Å². The lowest BCUT2D eigenvalue weighted by Crippen LogP contribution is -2.34. The number of hydrogen-bond acceptors (Lipinski definition) is 5. The van der Waals surface area contributed by atoms with Gasteiger partial charge in [-0.05, 0) is 41.3 Å². The van der Waals surface area contributed by atoms with Crippen LogP contribution in [0, 0.1) is 0 Å². The predicted octanol–water partition coefficient (Wildman–Crippen LogP) is 3.71. The number of amides is 2. The van der Waals surface area contributed by atoms with Crippen LogP contribution < -0.4 is 10.6 Å². The molecule has 0 bridgehead atoms. The van der Waals surface area contributed by atoms with E-state index in [1.54, 1.807) is 13.0 Å². The van der Waals surface area contributed by atoms with E-state index in [1.165, 1.54) is 12.3 Å². The zero-order valence-corrected chi connectivity index (χ0v) is 18.7. The number of nitrogens with one attached hydrogen (secondary N) is 2. The molecule has 0 saturated carbocycles. The number of carbonyl (C=O) groups excluding carboxylic acids is 2. The summed E-state index contributed by atoms with van der Waals surface area (Å²) in [4.78, 5) is 39.7. The van der Waals surface area contributed by atoms with Crippen LogP contribution in [-0.4, -0.2) is 40.7 Å². The van der Waals surface area contributed by atoms with Gasteiger partial charge >= 0.3 is 12.1 Å². The molecule has 1 aromatic heterocycles. The summed E-state index contributed by atoms with van der Waals surface area (Å²) in [5, 5.41) is 14.1. The molecule has 3 N–H and O–H groups in total. The second-order valence-electron chi connectivity index (χ2n) is 8.19. The number of aliphatic carboxylic acids is 1. The van der Waals surface area contributed by atoms with Crippen molar-refractivity contribution in [3.63, 3.8) is 0 Å². The summed E-state index contributed by atoms with van der Waals surface area (Å²) in [5.74, 6) is -1.43. The van der Waals surface area contributed by atoms with Crippen LogP contribution in [-0.2, 0) is 16.1 Å². The zero-order chi connectivity index (χ0) is 24.1. The number of benzene rings is 2. The van der Waals surface area contributed by atoms with Gasteiger partial charge in [-0.1, -0.05) is 48.5 Å². The minimum absolute atomic E-state index is 0.0314. The molecule has 0 radical (unpaired) electrons. The molecule has 174 valence electrons. The number of ether oxygens (including phenoxy) is 1. The fourth-order valence-electron chi connectivity index (χ4n) is 4.15. The van der Waals surface area contributed by atoms with Crippen LogP contribution in [0.2, 0.25) is 0 Å². The number of fused-ring (bicyclic) bond motifs is 3. The quantitative estimate of drug-likeness (QED) is 0.473. The normalized spacial score (nSPS) is 12.9. The topological polar surface area (TPSA) is 118 Å². The smallest absolute Gasteiger partial charge is 0.407 e. The van der Waals surface area contributed by atoms with Crippen LogP contribution in [0.4, 0.5) is 4.79 Å². The second-order valence-corrected chi connectivity index (χ2v) is 8.19. The van der Waals surface area contributed by atoms with Gasteiger partial charge in [-0.2, -0.15) is 0 Å². The first-order chi connectivity index (χ1) is 16.4. The number of pyridine rings is 1. The van der Waals surface area contributed by atoms with Crippen LogP contribution in [0.15, 0.2) is 66.9 Å². The van der Waals surface area contributed by atoms with Crippen molar-refractivity contribution < 1.29 is 24.2 Å². The molecule has 3 aromatic rings. The Balaban J connectivity index is 1.32. The molecule has 0 unspecified atom stereocenters. The van der Waals surface area contributed by atoms with Crippen molar-refractivity contribution in [3.05, 3.63) is 89.2 Å². The van der Waals surface area contributed by atoms with Crippen molar-refractivity contribution >= 4 is 18.0 Å². The molecule has 1 aliphatic rings. The Morgan fingerprint density at radius 3 is 2.32 bits per heavy atom. The second kappa shape index (κ2) is 10.2. The summed E-state index contributed by atoms with van der Waals surface area (Å²) in [6.07, 6.45) is 0.715. The van der Waals surface area contributed by atoms with E-state index >= 15 is 0 Å². The lowest BCUT2D eigenvalue weighted by Gasteiger charge is -2.15. The highest BCUT2D eigenvalue weighted by molar-refractivity contribution is 5.94. The highest BCUT2D eigenvalue weighted by atomic mass is 16.5. The Hall–Kier alpha value is -4.20. The minimum atomic E-state index is -0.990. The molecular formula is C26H25N3O5. The maximum atomic E-state index is 12.4. The Kier molecular flexibility index (Phi) is 6.87. The number of alkyl carbamates (subject to hydrolysis) is 1. The third kappa shape index (κ3) is 5.23.